The number of rotatable bonds is 2. The van der Waals surface area contributed by atoms with Gasteiger partial charge < -0.3 is 11.1 Å². The molecular formula is C11H12ClN3O. The minimum Gasteiger partial charge on any atom is -0.396 e. The fourth-order valence-corrected chi connectivity index (χ4v) is 1.17. The van der Waals surface area contributed by atoms with Crippen molar-refractivity contribution in [2.24, 2.45) is 0 Å². The van der Waals surface area contributed by atoms with Gasteiger partial charge in [-0.25, -0.2) is 4.98 Å². The first-order valence-corrected chi connectivity index (χ1v) is 5.11. The summed E-state index contributed by atoms with van der Waals surface area (Å²) in [5, 5.41) is 3.13. The second-order valence-electron chi connectivity index (χ2n) is 3.13. The zero-order valence-electron chi connectivity index (χ0n) is 8.88. The molecule has 84 valence electrons. The molecule has 1 amide bonds. The van der Waals surface area contributed by atoms with E-state index in [2.05, 4.69) is 22.1 Å². The van der Waals surface area contributed by atoms with Gasteiger partial charge in [-0.05, 0) is 12.0 Å². The van der Waals surface area contributed by atoms with Gasteiger partial charge in [0.05, 0.1) is 10.7 Å². The van der Waals surface area contributed by atoms with E-state index < -0.39 is 0 Å². The summed E-state index contributed by atoms with van der Waals surface area (Å²) >= 11 is 5.70. The van der Waals surface area contributed by atoms with Crippen molar-refractivity contribution in [2.75, 3.05) is 12.3 Å². The first-order valence-electron chi connectivity index (χ1n) is 4.74. The van der Waals surface area contributed by atoms with E-state index in [1.165, 1.54) is 13.1 Å². The number of carbonyl (C=O) groups is 1. The summed E-state index contributed by atoms with van der Waals surface area (Å²) in [7, 11) is 0. The van der Waals surface area contributed by atoms with Crippen molar-refractivity contribution in [1.82, 2.24) is 10.3 Å². The third kappa shape index (κ3) is 4.20. The summed E-state index contributed by atoms with van der Waals surface area (Å²) in [6, 6.07) is 1.60. The summed E-state index contributed by atoms with van der Waals surface area (Å²) in [5.41, 5.74) is 6.63. The quantitative estimate of drug-likeness (QED) is 0.600. The van der Waals surface area contributed by atoms with Crippen molar-refractivity contribution in [1.29, 1.82) is 0 Å². The van der Waals surface area contributed by atoms with Crippen molar-refractivity contribution in [3.05, 3.63) is 23.0 Å². The predicted molar refractivity (Wildman–Crippen MR) is 63.8 cm³/mol. The first kappa shape index (κ1) is 12.3. The van der Waals surface area contributed by atoms with Gasteiger partial charge in [-0.15, -0.1) is 0 Å². The maximum absolute atomic E-state index is 10.6. The number of nitrogen functional groups attached to an aromatic ring is 1. The highest BCUT2D eigenvalue weighted by molar-refractivity contribution is 6.30. The summed E-state index contributed by atoms with van der Waals surface area (Å²) in [5.74, 6) is 5.62. The largest absolute Gasteiger partial charge is 0.396 e. The van der Waals surface area contributed by atoms with E-state index in [1.807, 2.05) is 0 Å². The van der Waals surface area contributed by atoms with Crippen LogP contribution in [0.4, 0.5) is 5.69 Å². The molecule has 0 aromatic carbocycles. The van der Waals surface area contributed by atoms with Gasteiger partial charge in [0.2, 0.25) is 5.91 Å². The Morgan fingerprint density at radius 3 is 3.06 bits per heavy atom. The molecule has 0 aliphatic heterocycles. The minimum absolute atomic E-state index is 0.0640. The maximum atomic E-state index is 10.6. The van der Waals surface area contributed by atoms with Crippen molar-refractivity contribution in [2.45, 2.75) is 13.3 Å². The number of pyridine rings is 1. The number of anilines is 1. The minimum atomic E-state index is -0.0640. The molecule has 0 radical (unpaired) electrons. The Balaban J connectivity index is 2.53. The molecule has 0 atom stereocenters. The van der Waals surface area contributed by atoms with Gasteiger partial charge in [0.15, 0.2) is 0 Å². The molecule has 0 fully saturated rings. The van der Waals surface area contributed by atoms with Crippen LogP contribution in [0.5, 0.6) is 0 Å². The summed E-state index contributed by atoms with van der Waals surface area (Å²) < 4.78 is 0. The molecule has 1 heterocycles. The number of nitrogens with two attached hydrogens (primary N) is 1. The van der Waals surface area contributed by atoms with E-state index >= 15 is 0 Å². The van der Waals surface area contributed by atoms with Gasteiger partial charge in [0, 0.05) is 26.1 Å². The SMILES string of the molecule is CC(=O)NCCC#Cc1ncc(Cl)cc1N. The van der Waals surface area contributed by atoms with Crippen LogP contribution in [0.15, 0.2) is 12.3 Å². The molecule has 0 aliphatic rings. The molecule has 1 aromatic rings. The Hall–Kier alpha value is -1.73. The van der Waals surface area contributed by atoms with Crippen LogP contribution in [-0.4, -0.2) is 17.4 Å². The number of aromatic nitrogens is 1. The standard InChI is InChI=1S/C11H12ClN3O/c1-8(16)14-5-3-2-4-11-10(13)6-9(12)7-15-11/h6-7H,3,5,13H2,1H3,(H,14,16). The summed E-state index contributed by atoms with van der Waals surface area (Å²) in [4.78, 5) is 14.6. The van der Waals surface area contributed by atoms with Crippen molar-refractivity contribution in [3.8, 4) is 11.8 Å². The van der Waals surface area contributed by atoms with Crippen molar-refractivity contribution in [3.63, 3.8) is 0 Å². The van der Waals surface area contributed by atoms with Crippen LogP contribution in [0.25, 0.3) is 0 Å². The van der Waals surface area contributed by atoms with Crippen LogP contribution in [0.3, 0.4) is 0 Å². The Morgan fingerprint density at radius 2 is 2.44 bits per heavy atom. The predicted octanol–water partition coefficient (Wildman–Crippen LogP) is 1.19. The highest BCUT2D eigenvalue weighted by Gasteiger charge is 1.97. The summed E-state index contributed by atoms with van der Waals surface area (Å²) in [6.45, 7) is 1.99. The number of amides is 1. The Morgan fingerprint density at radius 1 is 1.69 bits per heavy atom. The topological polar surface area (TPSA) is 68.0 Å². The lowest BCUT2D eigenvalue weighted by Gasteiger charge is -1.97. The van der Waals surface area contributed by atoms with Crippen LogP contribution in [-0.2, 0) is 4.79 Å². The molecule has 0 spiro atoms. The number of nitrogens with zero attached hydrogens (tertiary/aromatic N) is 1. The van der Waals surface area contributed by atoms with E-state index in [-0.39, 0.29) is 5.91 Å². The van der Waals surface area contributed by atoms with Gasteiger partial charge >= 0.3 is 0 Å². The fraction of sp³-hybridized carbons (Fsp3) is 0.273. The number of halogens is 1. The molecule has 0 aliphatic carbocycles. The van der Waals surface area contributed by atoms with Gasteiger partial charge in [-0.3, -0.25) is 4.79 Å². The van der Waals surface area contributed by atoms with Crippen LogP contribution < -0.4 is 11.1 Å². The molecule has 0 unspecified atom stereocenters. The average molecular weight is 238 g/mol. The Bertz CT molecular complexity index is 448. The maximum Gasteiger partial charge on any atom is 0.216 e. The normalized spacial score (nSPS) is 9.12. The second kappa shape index (κ2) is 5.99. The zero-order chi connectivity index (χ0) is 12.0. The molecule has 3 N–H and O–H groups in total. The molecule has 0 bridgehead atoms. The van der Waals surface area contributed by atoms with E-state index in [9.17, 15) is 4.79 Å². The lowest BCUT2D eigenvalue weighted by Crippen LogP contribution is -2.20. The molecule has 4 nitrogen and oxygen atoms in total. The van der Waals surface area contributed by atoms with Gasteiger partial charge in [0.1, 0.15) is 5.69 Å². The Labute approximate surface area is 99.2 Å². The van der Waals surface area contributed by atoms with Crippen molar-refractivity contribution < 1.29 is 4.79 Å². The monoisotopic (exact) mass is 237 g/mol. The highest BCUT2D eigenvalue weighted by Crippen LogP contribution is 2.13. The third-order valence-corrected chi connectivity index (χ3v) is 1.92. The Kier molecular flexibility index (Phi) is 4.62. The molecular weight excluding hydrogens is 226 g/mol. The number of hydrogen-bond donors (Lipinski definition) is 2. The second-order valence-corrected chi connectivity index (χ2v) is 3.56. The zero-order valence-corrected chi connectivity index (χ0v) is 9.64. The average Bonchev–Trinajstić information content (AvgIpc) is 2.20. The lowest BCUT2D eigenvalue weighted by molar-refractivity contribution is -0.118. The van der Waals surface area contributed by atoms with Gasteiger partial charge in [-0.2, -0.15) is 0 Å². The first-order chi connectivity index (χ1) is 7.59. The van der Waals surface area contributed by atoms with E-state index in [0.717, 1.165) is 0 Å². The highest BCUT2D eigenvalue weighted by atomic mass is 35.5. The van der Waals surface area contributed by atoms with Crippen LogP contribution in [0.1, 0.15) is 19.0 Å². The van der Waals surface area contributed by atoms with Crippen LogP contribution >= 0.6 is 11.6 Å². The van der Waals surface area contributed by atoms with E-state index in [1.54, 1.807) is 6.07 Å². The smallest absolute Gasteiger partial charge is 0.216 e. The molecule has 1 rings (SSSR count). The molecule has 5 heteroatoms. The van der Waals surface area contributed by atoms with Gasteiger partial charge in [0.25, 0.3) is 0 Å². The number of carbonyl (C=O) groups excluding carboxylic acids is 1. The summed E-state index contributed by atoms with van der Waals surface area (Å²) in [6.07, 6.45) is 2.05. The molecule has 16 heavy (non-hydrogen) atoms. The molecule has 0 saturated carbocycles. The van der Waals surface area contributed by atoms with E-state index in [0.29, 0.717) is 29.4 Å². The third-order valence-electron chi connectivity index (χ3n) is 1.71. The van der Waals surface area contributed by atoms with E-state index in [4.69, 9.17) is 17.3 Å². The number of nitrogens with one attached hydrogen (secondary N) is 1. The van der Waals surface area contributed by atoms with Crippen LogP contribution in [0, 0.1) is 11.8 Å². The fourth-order valence-electron chi connectivity index (χ4n) is 1.01. The molecule has 0 saturated heterocycles. The number of hydrogen-bond acceptors (Lipinski definition) is 3. The molecule has 1 aromatic heterocycles. The van der Waals surface area contributed by atoms with Gasteiger partial charge in [-0.1, -0.05) is 17.5 Å². The lowest BCUT2D eigenvalue weighted by atomic mass is 10.3. The van der Waals surface area contributed by atoms with Crippen LogP contribution in [0.2, 0.25) is 5.02 Å². The van der Waals surface area contributed by atoms with Crippen molar-refractivity contribution >= 4 is 23.2 Å².